The Morgan fingerprint density at radius 3 is 2.47 bits per heavy atom. The number of hydrogen-bond acceptors (Lipinski definition) is 4. The van der Waals surface area contributed by atoms with Crippen LogP contribution in [0.2, 0.25) is 0 Å². The number of methoxy groups -OCH3 is 1. The molecule has 0 heterocycles. The normalized spacial score (nSPS) is 13.8. The summed E-state index contributed by atoms with van der Waals surface area (Å²) in [4.78, 5) is 11.3. The van der Waals surface area contributed by atoms with Crippen LogP contribution in [0.15, 0.2) is 0 Å². The first-order valence-corrected chi connectivity index (χ1v) is 6.98. The summed E-state index contributed by atoms with van der Waals surface area (Å²) in [6.07, 6.45) is 1.03. The molecule has 0 aromatic rings. The van der Waals surface area contributed by atoms with E-state index < -0.39 is 9.84 Å². The van der Waals surface area contributed by atoms with Gasteiger partial charge in [0.05, 0.1) is 11.9 Å². The number of ether oxygens (including phenoxy) is 1. The molecule has 0 aliphatic carbocycles. The van der Waals surface area contributed by atoms with Gasteiger partial charge in [-0.1, -0.05) is 6.92 Å². The van der Waals surface area contributed by atoms with Gasteiger partial charge in [-0.25, -0.2) is 8.42 Å². The summed E-state index contributed by atoms with van der Waals surface area (Å²) in [6, 6.07) is 0. The summed E-state index contributed by atoms with van der Waals surface area (Å²) >= 11 is 0. The molecule has 0 aliphatic rings. The average Bonchev–Trinajstić information content (AvgIpc) is 2.17. The Balaban J connectivity index is 3.74. The van der Waals surface area contributed by atoms with Crippen molar-refractivity contribution >= 4 is 15.6 Å². The average molecular weight is 236 g/mol. The van der Waals surface area contributed by atoms with Gasteiger partial charge in [-0.2, -0.15) is 0 Å². The number of sulfone groups is 1. The Morgan fingerprint density at radius 2 is 2.00 bits per heavy atom. The van der Waals surface area contributed by atoms with E-state index in [1.165, 1.54) is 0 Å². The monoisotopic (exact) mass is 236 g/mol. The van der Waals surface area contributed by atoms with Crippen LogP contribution in [0.3, 0.4) is 0 Å². The molecule has 0 radical (unpaired) electrons. The number of carbonyl (C=O) groups excluding carboxylic acids is 1. The van der Waals surface area contributed by atoms with E-state index in [0.717, 1.165) is 0 Å². The summed E-state index contributed by atoms with van der Waals surface area (Å²) in [5.41, 5.74) is 0. The van der Waals surface area contributed by atoms with Crippen LogP contribution >= 0.6 is 0 Å². The van der Waals surface area contributed by atoms with Crippen molar-refractivity contribution in [2.75, 3.05) is 18.6 Å². The molecular formula is C10H20O4S. The Bertz CT molecular complexity index is 282. The molecule has 0 saturated carbocycles. The van der Waals surface area contributed by atoms with E-state index >= 15 is 0 Å². The number of rotatable bonds is 8. The van der Waals surface area contributed by atoms with Crippen LogP contribution in [-0.4, -0.2) is 38.9 Å². The molecule has 15 heavy (non-hydrogen) atoms. The number of Topliss-reactive ketones (excluding diaryl/α,β-unsaturated/α-hetero) is 1. The van der Waals surface area contributed by atoms with Gasteiger partial charge in [0.15, 0.2) is 0 Å². The van der Waals surface area contributed by atoms with Crippen molar-refractivity contribution in [2.24, 2.45) is 0 Å². The third-order valence-corrected chi connectivity index (χ3v) is 4.06. The van der Waals surface area contributed by atoms with Crippen molar-refractivity contribution in [3.63, 3.8) is 0 Å². The third-order valence-electron chi connectivity index (χ3n) is 2.27. The molecule has 0 rings (SSSR count). The fraction of sp³-hybridized carbons (Fsp3) is 0.900. The van der Waals surface area contributed by atoms with Gasteiger partial charge in [0.2, 0.25) is 0 Å². The maximum absolute atomic E-state index is 11.3. The van der Waals surface area contributed by atoms with Gasteiger partial charge in [-0.15, -0.1) is 0 Å². The van der Waals surface area contributed by atoms with Crippen molar-refractivity contribution in [3.8, 4) is 0 Å². The van der Waals surface area contributed by atoms with E-state index in [2.05, 4.69) is 0 Å². The quantitative estimate of drug-likeness (QED) is 0.635. The second-order valence-corrected chi connectivity index (χ2v) is 6.10. The minimum Gasteiger partial charge on any atom is -0.381 e. The summed E-state index contributed by atoms with van der Waals surface area (Å²) in [7, 11) is -1.38. The molecule has 0 aromatic heterocycles. The van der Waals surface area contributed by atoms with Crippen molar-refractivity contribution in [2.45, 2.75) is 39.2 Å². The molecule has 0 amide bonds. The zero-order valence-corrected chi connectivity index (χ0v) is 10.5. The molecular weight excluding hydrogens is 216 g/mol. The zero-order valence-electron chi connectivity index (χ0n) is 9.65. The highest BCUT2D eigenvalue weighted by molar-refractivity contribution is 7.91. The van der Waals surface area contributed by atoms with E-state index in [-0.39, 0.29) is 23.4 Å². The molecule has 4 nitrogen and oxygen atoms in total. The fourth-order valence-electron chi connectivity index (χ4n) is 1.14. The minimum atomic E-state index is -2.93. The lowest BCUT2D eigenvalue weighted by molar-refractivity contribution is -0.121. The number of hydrogen-bond donors (Lipinski definition) is 0. The lowest BCUT2D eigenvalue weighted by Crippen LogP contribution is -2.14. The number of carbonyl (C=O) groups is 1. The largest absolute Gasteiger partial charge is 0.381 e. The van der Waals surface area contributed by atoms with Crippen LogP contribution in [0.5, 0.6) is 0 Å². The standard InChI is InChI=1S/C10H20O4S/c1-4-15(12,13)7-5-6-10(11)8-9(2)14-3/h9H,4-8H2,1-3H3. The second-order valence-electron chi connectivity index (χ2n) is 3.63. The molecule has 0 fully saturated rings. The van der Waals surface area contributed by atoms with E-state index in [1.807, 2.05) is 6.92 Å². The minimum absolute atomic E-state index is 0.0654. The van der Waals surface area contributed by atoms with Gasteiger partial charge in [-0.05, 0) is 13.3 Å². The van der Waals surface area contributed by atoms with Crippen LogP contribution in [0.25, 0.3) is 0 Å². The van der Waals surface area contributed by atoms with Crippen LogP contribution in [0.1, 0.15) is 33.1 Å². The molecule has 90 valence electrons. The fourth-order valence-corrected chi connectivity index (χ4v) is 2.01. The third kappa shape index (κ3) is 7.50. The summed E-state index contributed by atoms with van der Waals surface area (Å²) in [6.45, 7) is 3.44. The van der Waals surface area contributed by atoms with Crippen LogP contribution < -0.4 is 0 Å². The first-order chi connectivity index (χ1) is 6.91. The lowest BCUT2D eigenvalue weighted by Gasteiger charge is -2.07. The molecule has 1 unspecified atom stereocenters. The highest BCUT2D eigenvalue weighted by Gasteiger charge is 2.11. The van der Waals surface area contributed by atoms with Gasteiger partial charge in [-0.3, -0.25) is 4.79 Å². The van der Waals surface area contributed by atoms with E-state index in [4.69, 9.17) is 4.74 Å². The molecule has 5 heteroatoms. The Hall–Kier alpha value is -0.420. The van der Waals surface area contributed by atoms with E-state index in [9.17, 15) is 13.2 Å². The first kappa shape index (κ1) is 14.6. The van der Waals surface area contributed by atoms with Crippen LogP contribution in [0, 0.1) is 0 Å². The number of ketones is 1. The predicted octanol–water partition coefficient (Wildman–Crippen LogP) is 1.20. The van der Waals surface area contributed by atoms with Crippen LogP contribution in [0.4, 0.5) is 0 Å². The molecule has 0 aromatic carbocycles. The van der Waals surface area contributed by atoms with Gasteiger partial charge in [0.25, 0.3) is 0 Å². The molecule has 0 spiro atoms. The topological polar surface area (TPSA) is 60.4 Å². The van der Waals surface area contributed by atoms with E-state index in [1.54, 1.807) is 14.0 Å². The maximum atomic E-state index is 11.3. The van der Waals surface area contributed by atoms with Crippen molar-refractivity contribution in [1.29, 1.82) is 0 Å². The summed E-state index contributed by atoms with van der Waals surface area (Å²) in [5, 5.41) is 0. The van der Waals surface area contributed by atoms with Crippen molar-refractivity contribution < 1.29 is 17.9 Å². The zero-order chi connectivity index (χ0) is 11.9. The molecule has 0 bridgehead atoms. The molecule has 0 aliphatic heterocycles. The SMILES string of the molecule is CCS(=O)(=O)CCCC(=O)CC(C)OC. The van der Waals surface area contributed by atoms with Gasteiger partial charge >= 0.3 is 0 Å². The van der Waals surface area contributed by atoms with Gasteiger partial charge in [0, 0.05) is 25.7 Å². The summed E-state index contributed by atoms with van der Waals surface area (Å²) < 4.78 is 27.2. The smallest absolute Gasteiger partial charge is 0.150 e. The molecule has 0 N–H and O–H groups in total. The first-order valence-electron chi connectivity index (χ1n) is 5.16. The van der Waals surface area contributed by atoms with Crippen LogP contribution in [-0.2, 0) is 19.4 Å². The van der Waals surface area contributed by atoms with Crippen molar-refractivity contribution in [3.05, 3.63) is 0 Å². The second kappa shape index (κ2) is 6.95. The lowest BCUT2D eigenvalue weighted by atomic mass is 10.1. The van der Waals surface area contributed by atoms with Gasteiger partial charge in [0.1, 0.15) is 15.6 Å². The predicted molar refractivity (Wildman–Crippen MR) is 59.7 cm³/mol. The van der Waals surface area contributed by atoms with Crippen molar-refractivity contribution in [1.82, 2.24) is 0 Å². The van der Waals surface area contributed by atoms with Gasteiger partial charge < -0.3 is 4.74 Å². The maximum Gasteiger partial charge on any atom is 0.150 e. The molecule has 0 saturated heterocycles. The Labute approximate surface area is 91.9 Å². The van der Waals surface area contributed by atoms with E-state index in [0.29, 0.717) is 19.3 Å². The molecule has 1 atom stereocenters. The Morgan fingerprint density at radius 1 is 1.40 bits per heavy atom. The highest BCUT2D eigenvalue weighted by Crippen LogP contribution is 2.04. The summed E-state index contributed by atoms with van der Waals surface area (Å²) in [5.74, 6) is 0.322. The Kier molecular flexibility index (Phi) is 6.76. The highest BCUT2D eigenvalue weighted by atomic mass is 32.2.